The number of amides is 1. The Hall–Kier alpha value is -1.09. The highest BCUT2D eigenvalue weighted by molar-refractivity contribution is 5.75. The van der Waals surface area contributed by atoms with Crippen molar-refractivity contribution < 1.29 is 4.79 Å². The Morgan fingerprint density at radius 2 is 2.25 bits per heavy atom. The summed E-state index contributed by atoms with van der Waals surface area (Å²) in [5, 5.41) is 6.43. The van der Waals surface area contributed by atoms with Crippen LogP contribution in [0.2, 0.25) is 0 Å². The summed E-state index contributed by atoms with van der Waals surface area (Å²) < 4.78 is 0. The summed E-state index contributed by atoms with van der Waals surface area (Å²) in [4.78, 5) is 10.9. The first kappa shape index (κ1) is 11.4. The minimum atomic E-state index is 0.0196. The molecule has 3 heteroatoms. The molecule has 1 heterocycles. The van der Waals surface area contributed by atoms with Crippen LogP contribution in [-0.2, 0) is 4.79 Å². The zero-order valence-electron chi connectivity index (χ0n) is 10.0. The van der Waals surface area contributed by atoms with E-state index in [1.165, 1.54) is 18.4 Å². The SMILES string of the molecule is CC(=O)NC1=CC=C(C2CCC(C)CN2)C1. The number of nitrogens with one attached hydrogen (secondary N) is 2. The second-order valence-corrected chi connectivity index (χ2v) is 4.93. The highest BCUT2D eigenvalue weighted by Gasteiger charge is 2.23. The van der Waals surface area contributed by atoms with E-state index in [0.717, 1.165) is 24.6 Å². The van der Waals surface area contributed by atoms with Gasteiger partial charge in [0.15, 0.2) is 0 Å². The molecule has 1 aliphatic carbocycles. The number of carbonyl (C=O) groups is 1. The predicted molar refractivity (Wildman–Crippen MR) is 64.8 cm³/mol. The molecule has 2 aliphatic rings. The third-order valence-electron chi connectivity index (χ3n) is 3.34. The van der Waals surface area contributed by atoms with E-state index in [4.69, 9.17) is 0 Å². The number of hydrogen-bond acceptors (Lipinski definition) is 2. The van der Waals surface area contributed by atoms with Crippen molar-refractivity contribution >= 4 is 5.91 Å². The van der Waals surface area contributed by atoms with Crippen LogP contribution in [0.25, 0.3) is 0 Å². The molecule has 0 radical (unpaired) electrons. The van der Waals surface area contributed by atoms with Gasteiger partial charge in [-0.25, -0.2) is 0 Å². The molecule has 1 saturated heterocycles. The molecule has 16 heavy (non-hydrogen) atoms. The summed E-state index contributed by atoms with van der Waals surface area (Å²) in [7, 11) is 0. The first-order valence-corrected chi connectivity index (χ1v) is 6.05. The van der Waals surface area contributed by atoms with E-state index in [1.54, 1.807) is 6.92 Å². The Labute approximate surface area is 97.0 Å². The second kappa shape index (κ2) is 4.83. The van der Waals surface area contributed by atoms with Gasteiger partial charge in [-0.3, -0.25) is 4.79 Å². The fourth-order valence-corrected chi connectivity index (χ4v) is 2.41. The lowest BCUT2D eigenvalue weighted by Gasteiger charge is -2.29. The normalized spacial score (nSPS) is 29.6. The maximum absolute atomic E-state index is 10.9. The summed E-state index contributed by atoms with van der Waals surface area (Å²) >= 11 is 0. The summed E-state index contributed by atoms with van der Waals surface area (Å²) in [6.07, 6.45) is 7.58. The van der Waals surface area contributed by atoms with E-state index < -0.39 is 0 Å². The maximum atomic E-state index is 10.9. The van der Waals surface area contributed by atoms with Crippen LogP contribution in [0.1, 0.15) is 33.1 Å². The molecule has 0 aromatic heterocycles. The second-order valence-electron chi connectivity index (χ2n) is 4.93. The number of carbonyl (C=O) groups excluding carboxylic acids is 1. The van der Waals surface area contributed by atoms with Gasteiger partial charge in [-0.15, -0.1) is 0 Å². The molecule has 3 nitrogen and oxygen atoms in total. The standard InChI is InChI=1S/C13H20N2O/c1-9-3-6-13(14-8-9)11-4-5-12(7-11)15-10(2)16/h4-5,9,13-14H,3,6-8H2,1-2H3,(H,15,16). The Balaban J connectivity index is 1.84. The van der Waals surface area contributed by atoms with Crippen LogP contribution in [0.15, 0.2) is 23.4 Å². The number of rotatable bonds is 2. The fraction of sp³-hybridized carbons (Fsp3) is 0.615. The lowest BCUT2D eigenvalue weighted by atomic mass is 9.91. The predicted octanol–water partition coefficient (Wildman–Crippen LogP) is 1.72. The highest BCUT2D eigenvalue weighted by atomic mass is 16.1. The van der Waals surface area contributed by atoms with Crippen LogP contribution in [0.4, 0.5) is 0 Å². The van der Waals surface area contributed by atoms with E-state index >= 15 is 0 Å². The largest absolute Gasteiger partial charge is 0.330 e. The molecule has 2 rings (SSSR count). The van der Waals surface area contributed by atoms with Crippen molar-refractivity contribution in [2.75, 3.05) is 6.54 Å². The van der Waals surface area contributed by atoms with Crippen LogP contribution in [0.5, 0.6) is 0 Å². The van der Waals surface area contributed by atoms with Crippen molar-refractivity contribution in [3.63, 3.8) is 0 Å². The molecule has 88 valence electrons. The Morgan fingerprint density at radius 3 is 2.88 bits per heavy atom. The highest BCUT2D eigenvalue weighted by Crippen LogP contribution is 2.26. The third-order valence-corrected chi connectivity index (χ3v) is 3.34. The van der Waals surface area contributed by atoms with Gasteiger partial charge < -0.3 is 10.6 Å². The molecular weight excluding hydrogens is 200 g/mol. The topological polar surface area (TPSA) is 41.1 Å². The molecule has 0 aromatic rings. The van der Waals surface area contributed by atoms with Crippen molar-refractivity contribution in [3.8, 4) is 0 Å². The Bertz CT molecular complexity index is 336. The molecule has 2 N–H and O–H groups in total. The number of hydrogen-bond donors (Lipinski definition) is 2. The van der Waals surface area contributed by atoms with Crippen molar-refractivity contribution in [2.24, 2.45) is 5.92 Å². The fourth-order valence-electron chi connectivity index (χ4n) is 2.41. The summed E-state index contributed by atoms with van der Waals surface area (Å²) in [6, 6.07) is 0.513. The molecule has 1 aliphatic heterocycles. The van der Waals surface area contributed by atoms with Crippen LogP contribution < -0.4 is 10.6 Å². The Morgan fingerprint density at radius 1 is 1.44 bits per heavy atom. The van der Waals surface area contributed by atoms with Gasteiger partial charge in [0.05, 0.1) is 0 Å². The number of piperidine rings is 1. The van der Waals surface area contributed by atoms with E-state index in [1.807, 2.05) is 6.08 Å². The molecule has 2 atom stereocenters. The smallest absolute Gasteiger partial charge is 0.221 e. The van der Waals surface area contributed by atoms with Gasteiger partial charge in [0.1, 0.15) is 0 Å². The Kier molecular flexibility index (Phi) is 3.44. The third kappa shape index (κ3) is 2.73. The minimum absolute atomic E-state index is 0.0196. The molecule has 0 aromatic carbocycles. The van der Waals surface area contributed by atoms with Crippen LogP contribution in [0, 0.1) is 5.92 Å². The van der Waals surface area contributed by atoms with Crippen molar-refractivity contribution in [2.45, 2.75) is 39.2 Å². The zero-order chi connectivity index (χ0) is 11.5. The van der Waals surface area contributed by atoms with E-state index in [9.17, 15) is 4.79 Å². The molecule has 1 fully saturated rings. The molecule has 0 spiro atoms. The first-order chi connectivity index (χ1) is 7.65. The first-order valence-electron chi connectivity index (χ1n) is 6.05. The maximum Gasteiger partial charge on any atom is 0.221 e. The summed E-state index contributed by atoms with van der Waals surface area (Å²) in [5.74, 6) is 0.812. The van der Waals surface area contributed by atoms with E-state index in [-0.39, 0.29) is 5.91 Å². The van der Waals surface area contributed by atoms with Gasteiger partial charge in [-0.2, -0.15) is 0 Å². The van der Waals surface area contributed by atoms with Crippen molar-refractivity contribution in [1.82, 2.24) is 10.6 Å². The zero-order valence-corrected chi connectivity index (χ0v) is 10.0. The lowest BCUT2D eigenvalue weighted by molar-refractivity contribution is -0.118. The van der Waals surface area contributed by atoms with Crippen LogP contribution >= 0.6 is 0 Å². The molecule has 2 unspecified atom stereocenters. The average Bonchev–Trinajstić information content (AvgIpc) is 2.66. The van der Waals surface area contributed by atoms with Gasteiger partial charge >= 0.3 is 0 Å². The number of allylic oxidation sites excluding steroid dienone is 3. The lowest BCUT2D eigenvalue weighted by Crippen LogP contribution is -2.39. The molecule has 0 saturated carbocycles. The van der Waals surface area contributed by atoms with E-state index in [2.05, 4.69) is 23.6 Å². The van der Waals surface area contributed by atoms with Gasteiger partial charge in [-0.1, -0.05) is 13.0 Å². The van der Waals surface area contributed by atoms with E-state index in [0.29, 0.717) is 6.04 Å². The van der Waals surface area contributed by atoms with Gasteiger partial charge in [0.25, 0.3) is 0 Å². The minimum Gasteiger partial charge on any atom is -0.330 e. The van der Waals surface area contributed by atoms with Gasteiger partial charge in [0.2, 0.25) is 5.91 Å². The summed E-state index contributed by atoms with van der Waals surface area (Å²) in [5.41, 5.74) is 2.44. The molecule has 1 amide bonds. The average molecular weight is 220 g/mol. The molecule has 0 bridgehead atoms. The van der Waals surface area contributed by atoms with Gasteiger partial charge in [-0.05, 0) is 37.0 Å². The van der Waals surface area contributed by atoms with Crippen LogP contribution in [0.3, 0.4) is 0 Å². The van der Waals surface area contributed by atoms with Crippen molar-refractivity contribution in [1.29, 1.82) is 0 Å². The summed E-state index contributed by atoms with van der Waals surface area (Å²) in [6.45, 7) is 4.95. The quantitative estimate of drug-likeness (QED) is 0.744. The monoisotopic (exact) mass is 220 g/mol. The molecular formula is C13H20N2O. The van der Waals surface area contributed by atoms with Crippen LogP contribution in [-0.4, -0.2) is 18.5 Å². The van der Waals surface area contributed by atoms with Gasteiger partial charge in [0, 0.05) is 25.1 Å². The van der Waals surface area contributed by atoms with Crippen molar-refractivity contribution in [3.05, 3.63) is 23.4 Å².